The molecule has 0 aliphatic carbocycles. The largest absolute Gasteiger partial charge is 0.484 e. The van der Waals surface area contributed by atoms with Gasteiger partial charge in [0.15, 0.2) is 12.3 Å². The highest BCUT2D eigenvalue weighted by Gasteiger charge is 2.46. The number of esters is 1. The molecule has 0 saturated carbocycles. The van der Waals surface area contributed by atoms with Crippen LogP contribution in [0.4, 0.5) is 0 Å². The lowest BCUT2D eigenvalue weighted by molar-refractivity contribution is -0.161. The Hall–Kier alpha value is -3.06. The van der Waals surface area contributed by atoms with Gasteiger partial charge in [-0.15, -0.1) is 0 Å². The number of hydrogen-bond acceptors (Lipinski definition) is 6. The van der Waals surface area contributed by atoms with Crippen molar-refractivity contribution in [1.82, 2.24) is 5.32 Å². The fraction of sp³-hybridized carbons (Fsp3) is 0.412. The number of aliphatic imine (C=N–C) groups is 1. The van der Waals surface area contributed by atoms with Gasteiger partial charge in [0, 0.05) is 12.5 Å². The lowest BCUT2D eigenvalue weighted by Crippen LogP contribution is -2.50. The molecular formula is C17H18N4O3. The molecule has 0 unspecified atom stereocenters. The first-order valence-corrected chi connectivity index (χ1v) is 7.38. The summed E-state index contributed by atoms with van der Waals surface area (Å²) in [6, 6.07) is 6.50. The van der Waals surface area contributed by atoms with Gasteiger partial charge in [-0.2, -0.15) is 10.5 Å². The Morgan fingerprint density at radius 1 is 1.38 bits per heavy atom. The molecule has 0 bridgehead atoms. The predicted molar refractivity (Wildman–Crippen MR) is 86.0 cm³/mol. The van der Waals surface area contributed by atoms with Crippen molar-refractivity contribution in [2.24, 2.45) is 4.99 Å². The Morgan fingerprint density at radius 3 is 2.67 bits per heavy atom. The summed E-state index contributed by atoms with van der Waals surface area (Å²) < 4.78 is 11.4. The van der Waals surface area contributed by atoms with Gasteiger partial charge in [-0.3, -0.25) is 15.1 Å². The highest BCUT2D eigenvalue weighted by atomic mass is 16.6. The van der Waals surface area contributed by atoms with Crippen molar-refractivity contribution in [3.8, 4) is 18.0 Å². The molecule has 2 rings (SSSR count). The van der Waals surface area contributed by atoms with Crippen LogP contribution in [0.15, 0.2) is 23.2 Å². The SMILES string of the molecule is CC(=O)O[C@H]1[C@H](N=C(C)NC#N)c2cc(C#N)ccc2OC1(C)C. The number of amidine groups is 1. The van der Waals surface area contributed by atoms with Crippen LogP contribution < -0.4 is 10.1 Å². The topological polar surface area (TPSA) is 107 Å². The van der Waals surface area contributed by atoms with E-state index in [1.807, 2.05) is 6.19 Å². The molecule has 0 saturated heterocycles. The maximum Gasteiger partial charge on any atom is 0.303 e. The van der Waals surface area contributed by atoms with E-state index >= 15 is 0 Å². The van der Waals surface area contributed by atoms with Crippen molar-refractivity contribution in [2.75, 3.05) is 0 Å². The number of hydrogen-bond donors (Lipinski definition) is 1. The first-order chi connectivity index (χ1) is 11.3. The normalized spacial score (nSPS) is 21.5. The zero-order valence-electron chi connectivity index (χ0n) is 14.0. The van der Waals surface area contributed by atoms with Gasteiger partial charge < -0.3 is 9.47 Å². The van der Waals surface area contributed by atoms with E-state index in [4.69, 9.17) is 20.0 Å². The standard InChI is InChI=1S/C17H18N4O3/c1-10(20-9-19)21-15-13-7-12(8-18)5-6-14(13)24-17(3,4)16(15)23-11(2)22/h5-7,15-16H,1-4H3,(H,20,21)/t15-,16+/m1/s1. The van der Waals surface area contributed by atoms with E-state index in [0.29, 0.717) is 22.7 Å². The molecule has 1 heterocycles. The Bertz CT molecular complexity index is 771. The first-order valence-electron chi connectivity index (χ1n) is 7.38. The van der Waals surface area contributed by atoms with Crippen LogP contribution in [0, 0.1) is 22.8 Å². The number of rotatable bonds is 2. The van der Waals surface area contributed by atoms with Gasteiger partial charge in [-0.1, -0.05) is 0 Å². The van der Waals surface area contributed by atoms with Crippen LogP contribution in [-0.4, -0.2) is 23.5 Å². The third kappa shape index (κ3) is 3.47. The van der Waals surface area contributed by atoms with E-state index in [1.165, 1.54) is 6.92 Å². The van der Waals surface area contributed by atoms with E-state index in [9.17, 15) is 4.79 Å². The first kappa shape index (κ1) is 17.3. The van der Waals surface area contributed by atoms with Crippen LogP contribution in [0.5, 0.6) is 5.75 Å². The molecular weight excluding hydrogens is 308 g/mol. The molecule has 0 amide bonds. The molecule has 7 heteroatoms. The molecule has 1 aromatic rings. The summed E-state index contributed by atoms with van der Waals surface area (Å²) in [5.74, 6) is 0.495. The number of fused-ring (bicyclic) bond motifs is 1. The van der Waals surface area contributed by atoms with Gasteiger partial charge >= 0.3 is 5.97 Å². The molecule has 1 aliphatic rings. The zero-order chi connectivity index (χ0) is 17.9. The summed E-state index contributed by atoms with van der Waals surface area (Å²) in [5, 5.41) is 20.4. The number of benzene rings is 1. The second-order valence-electron chi connectivity index (χ2n) is 6.00. The minimum atomic E-state index is -0.825. The maximum absolute atomic E-state index is 11.5. The fourth-order valence-corrected chi connectivity index (χ4v) is 2.67. The van der Waals surface area contributed by atoms with Crippen LogP contribution in [0.1, 0.15) is 44.9 Å². The van der Waals surface area contributed by atoms with Crippen molar-refractivity contribution < 1.29 is 14.3 Å². The molecule has 24 heavy (non-hydrogen) atoms. The van der Waals surface area contributed by atoms with E-state index in [2.05, 4.69) is 16.4 Å². The molecule has 1 N–H and O–H groups in total. The number of carbonyl (C=O) groups is 1. The number of nitrogens with zero attached hydrogens (tertiary/aromatic N) is 3. The van der Waals surface area contributed by atoms with E-state index in [0.717, 1.165) is 0 Å². The zero-order valence-corrected chi connectivity index (χ0v) is 14.0. The van der Waals surface area contributed by atoms with Gasteiger partial charge in [0.05, 0.1) is 11.6 Å². The monoisotopic (exact) mass is 326 g/mol. The van der Waals surface area contributed by atoms with Crippen molar-refractivity contribution in [2.45, 2.75) is 45.4 Å². The number of carbonyl (C=O) groups excluding carboxylic acids is 1. The Kier molecular flexibility index (Phi) is 4.75. The molecule has 0 aromatic heterocycles. The van der Waals surface area contributed by atoms with Gasteiger partial charge in [0.1, 0.15) is 23.2 Å². The highest BCUT2D eigenvalue weighted by molar-refractivity contribution is 5.81. The minimum absolute atomic E-state index is 0.380. The molecule has 0 fully saturated rings. The van der Waals surface area contributed by atoms with Crippen molar-refractivity contribution in [3.63, 3.8) is 0 Å². The van der Waals surface area contributed by atoms with Gasteiger partial charge in [0.2, 0.25) is 0 Å². The van der Waals surface area contributed by atoms with Crippen LogP contribution in [0.2, 0.25) is 0 Å². The fourth-order valence-electron chi connectivity index (χ4n) is 2.67. The third-order valence-electron chi connectivity index (χ3n) is 3.66. The van der Waals surface area contributed by atoms with Crippen LogP contribution in [0.25, 0.3) is 0 Å². The van der Waals surface area contributed by atoms with E-state index in [1.54, 1.807) is 39.0 Å². The molecule has 1 aliphatic heterocycles. The molecule has 1 aromatic carbocycles. The Labute approximate surface area is 140 Å². The molecule has 2 atom stereocenters. The summed E-state index contributed by atoms with van der Waals surface area (Å²) in [6.07, 6.45) is 1.11. The number of nitrogens with one attached hydrogen (secondary N) is 1. The van der Waals surface area contributed by atoms with Gasteiger partial charge in [-0.05, 0) is 39.0 Å². The highest BCUT2D eigenvalue weighted by Crippen LogP contribution is 2.43. The maximum atomic E-state index is 11.5. The van der Waals surface area contributed by atoms with Gasteiger partial charge in [-0.25, -0.2) is 0 Å². The lowest BCUT2D eigenvalue weighted by atomic mass is 9.86. The quantitative estimate of drug-likeness (QED) is 0.293. The summed E-state index contributed by atoms with van der Waals surface area (Å²) in [6.45, 7) is 6.57. The molecule has 7 nitrogen and oxygen atoms in total. The summed E-state index contributed by atoms with van der Waals surface area (Å²) in [5.41, 5.74) is 0.261. The van der Waals surface area contributed by atoms with E-state index < -0.39 is 23.7 Å². The average Bonchev–Trinajstić information content (AvgIpc) is 2.50. The van der Waals surface area contributed by atoms with Crippen molar-refractivity contribution in [3.05, 3.63) is 29.3 Å². The summed E-state index contributed by atoms with van der Waals surface area (Å²) in [4.78, 5) is 16.0. The third-order valence-corrected chi connectivity index (χ3v) is 3.66. The van der Waals surface area contributed by atoms with Crippen LogP contribution in [0.3, 0.4) is 0 Å². The van der Waals surface area contributed by atoms with Gasteiger partial charge in [0.25, 0.3) is 0 Å². The van der Waals surface area contributed by atoms with Crippen LogP contribution >= 0.6 is 0 Å². The van der Waals surface area contributed by atoms with Crippen molar-refractivity contribution in [1.29, 1.82) is 10.5 Å². The second-order valence-corrected chi connectivity index (χ2v) is 6.00. The Balaban J connectivity index is 2.61. The second kappa shape index (κ2) is 6.59. The summed E-state index contributed by atoms with van der Waals surface area (Å²) >= 11 is 0. The lowest BCUT2D eigenvalue weighted by Gasteiger charge is -2.42. The van der Waals surface area contributed by atoms with Crippen molar-refractivity contribution >= 4 is 11.8 Å². The minimum Gasteiger partial charge on any atom is -0.484 e. The average molecular weight is 326 g/mol. The smallest absolute Gasteiger partial charge is 0.303 e. The van der Waals surface area contributed by atoms with E-state index in [-0.39, 0.29) is 0 Å². The Morgan fingerprint density at radius 2 is 2.08 bits per heavy atom. The molecule has 0 spiro atoms. The predicted octanol–water partition coefficient (Wildman–Crippen LogP) is 2.19. The van der Waals surface area contributed by atoms with Crippen LogP contribution in [-0.2, 0) is 9.53 Å². The number of nitriles is 2. The molecule has 0 radical (unpaired) electrons. The summed E-state index contributed by atoms with van der Waals surface area (Å²) in [7, 11) is 0. The molecule has 124 valence electrons. The number of ether oxygens (including phenoxy) is 2.